The van der Waals surface area contributed by atoms with Gasteiger partial charge in [-0.15, -0.1) is 0 Å². The average Bonchev–Trinajstić information content (AvgIpc) is 2.28. The summed E-state index contributed by atoms with van der Waals surface area (Å²) in [5, 5.41) is 2.89. The SMILES string of the molecule is CSCCCNC(=O)c1ccc(N)c(C)c1. The lowest BCUT2D eigenvalue weighted by Crippen LogP contribution is -2.24. The van der Waals surface area contributed by atoms with Gasteiger partial charge in [-0.25, -0.2) is 0 Å². The number of thioether (sulfide) groups is 1. The number of aryl methyl sites for hydroxylation is 1. The molecular formula is C12H18N2OS. The normalized spacial score (nSPS) is 10.1. The number of hydrogen-bond acceptors (Lipinski definition) is 3. The van der Waals surface area contributed by atoms with Crippen LogP contribution in [0.15, 0.2) is 18.2 Å². The largest absolute Gasteiger partial charge is 0.399 e. The van der Waals surface area contributed by atoms with Crippen LogP contribution >= 0.6 is 11.8 Å². The van der Waals surface area contributed by atoms with Gasteiger partial charge < -0.3 is 11.1 Å². The number of carbonyl (C=O) groups is 1. The number of carbonyl (C=O) groups excluding carboxylic acids is 1. The highest BCUT2D eigenvalue weighted by Gasteiger charge is 2.05. The van der Waals surface area contributed by atoms with Crippen LogP contribution in [0.4, 0.5) is 5.69 Å². The third kappa shape index (κ3) is 3.77. The van der Waals surface area contributed by atoms with Gasteiger partial charge in [0, 0.05) is 17.8 Å². The summed E-state index contributed by atoms with van der Waals surface area (Å²) in [5.74, 6) is 1.05. The lowest BCUT2D eigenvalue weighted by molar-refractivity contribution is 0.0954. The molecule has 0 aliphatic rings. The van der Waals surface area contributed by atoms with E-state index in [1.807, 2.05) is 13.0 Å². The van der Waals surface area contributed by atoms with Gasteiger partial charge in [0.05, 0.1) is 0 Å². The van der Waals surface area contributed by atoms with Crippen LogP contribution in [-0.4, -0.2) is 24.5 Å². The molecule has 1 amide bonds. The van der Waals surface area contributed by atoms with Gasteiger partial charge in [-0.1, -0.05) is 0 Å². The van der Waals surface area contributed by atoms with Gasteiger partial charge in [-0.3, -0.25) is 4.79 Å². The Bertz CT molecular complexity index is 366. The Kier molecular flexibility index (Phi) is 5.19. The number of hydrogen-bond donors (Lipinski definition) is 2. The maximum absolute atomic E-state index is 11.7. The van der Waals surface area contributed by atoms with Gasteiger partial charge >= 0.3 is 0 Å². The minimum Gasteiger partial charge on any atom is -0.399 e. The minimum absolute atomic E-state index is 0.0239. The molecule has 0 spiro atoms. The van der Waals surface area contributed by atoms with Crippen molar-refractivity contribution in [1.82, 2.24) is 5.32 Å². The first kappa shape index (κ1) is 12.9. The molecule has 0 heterocycles. The Morgan fingerprint density at radius 1 is 1.50 bits per heavy atom. The van der Waals surface area contributed by atoms with Crippen LogP contribution in [-0.2, 0) is 0 Å². The van der Waals surface area contributed by atoms with E-state index in [-0.39, 0.29) is 5.91 Å². The van der Waals surface area contributed by atoms with Crippen LogP contribution in [0.2, 0.25) is 0 Å². The zero-order valence-corrected chi connectivity index (χ0v) is 10.6. The Labute approximate surface area is 101 Å². The molecule has 1 rings (SSSR count). The Hall–Kier alpha value is -1.16. The quantitative estimate of drug-likeness (QED) is 0.610. The van der Waals surface area contributed by atoms with Crippen molar-refractivity contribution in [2.45, 2.75) is 13.3 Å². The molecule has 0 aromatic heterocycles. The molecule has 0 atom stereocenters. The second-order valence-electron chi connectivity index (χ2n) is 3.67. The molecule has 0 saturated heterocycles. The van der Waals surface area contributed by atoms with Gasteiger partial charge in [0.25, 0.3) is 5.91 Å². The fourth-order valence-corrected chi connectivity index (χ4v) is 1.77. The molecule has 88 valence electrons. The fourth-order valence-electron chi connectivity index (χ4n) is 1.34. The van der Waals surface area contributed by atoms with E-state index in [0.29, 0.717) is 5.56 Å². The second-order valence-corrected chi connectivity index (χ2v) is 4.66. The van der Waals surface area contributed by atoms with E-state index in [0.717, 1.165) is 30.0 Å². The van der Waals surface area contributed by atoms with Crippen molar-refractivity contribution in [3.8, 4) is 0 Å². The van der Waals surface area contributed by atoms with E-state index >= 15 is 0 Å². The molecule has 0 unspecified atom stereocenters. The van der Waals surface area contributed by atoms with E-state index in [1.165, 1.54) is 0 Å². The van der Waals surface area contributed by atoms with Crippen molar-refractivity contribution >= 4 is 23.4 Å². The smallest absolute Gasteiger partial charge is 0.251 e. The van der Waals surface area contributed by atoms with Crippen molar-refractivity contribution in [3.63, 3.8) is 0 Å². The van der Waals surface area contributed by atoms with Crippen LogP contribution in [0.5, 0.6) is 0 Å². The second kappa shape index (κ2) is 6.43. The van der Waals surface area contributed by atoms with Crippen molar-refractivity contribution in [2.24, 2.45) is 0 Å². The molecule has 0 aliphatic carbocycles. The van der Waals surface area contributed by atoms with Crippen molar-refractivity contribution in [2.75, 3.05) is 24.3 Å². The van der Waals surface area contributed by atoms with E-state index in [9.17, 15) is 4.79 Å². The number of nitrogens with two attached hydrogens (primary N) is 1. The van der Waals surface area contributed by atoms with Crippen molar-refractivity contribution < 1.29 is 4.79 Å². The Balaban J connectivity index is 2.50. The maximum Gasteiger partial charge on any atom is 0.251 e. The topological polar surface area (TPSA) is 55.1 Å². The average molecular weight is 238 g/mol. The lowest BCUT2D eigenvalue weighted by Gasteiger charge is -2.06. The number of amides is 1. The van der Waals surface area contributed by atoms with Gasteiger partial charge in [0.2, 0.25) is 0 Å². The van der Waals surface area contributed by atoms with Crippen LogP contribution in [0.3, 0.4) is 0 Å². The first-order valence-electron chi connectivity index (χ1n) is 5.28. The highest BCUT2D eigenvalue weighted by atomic mass is 32.2. The summed E-state index contributed by atoms with van der Waals surface area (Å²) in [6.45, 7) is 2.63. The first-order valence-corrected chi connectivity index (χ1v) is 6.68. The number of nitrogens with one attached hydrogen (secondary N) is 1. The molecule has 0 radical (unpaired) electrons. The maximum atomic E-state index is 11.7. The van der Waals surface area contributed by atoms with Crippen LogP contribution in [0.25, 0.3) is 0 Å². The van der Waals surface area contributed by atoms with Crippen molar-refractivity contribution in [3.05, 3.63) is 29.3 Å². The molecule has 3 nitrogen and oxygen atoms in total. The van der Waals surface area contributed by atoms with Crippen LogP contribution < -0.4 is 11.1 Å². The number of anilines is 1. The molecule has 4 heteroatoms. The third-order valence-electron chi connectivity index (χ3n) is 2.34. The minimum atomic E-state index is -0.0239. The Morgan fingerprint density at radius 3 is 2.88 bits per heavy atom. The predicted molar refractivity (Wildman–Crippen MR) is 70.9 cm³/mol. The molecule has 16 heavy (non-hydrogen) atoms. The summed E-state index contributed by atoms with van der Waals surface area (Å²) in [4.78, 5) is 11.7. The van der Waals surface area contributed by atoms with E-state index in [1.54, 1.807) is 23.9 Å². The lowest BCUT2D eigenvalue weighted by atomic mass is 10.1. The molecule has 1 aromatic carbocycles. The standard InChI is InChI=1S/C12H18N2OS/c1-9-8-10(4-5-11(9)13)12(15)14-6-3-7-16-2/h4-5,8H,3,6-7,13H2,1-2H3,(H,14,15). The first-order chi connectivity index (χ1) is 7.65. The molecule has 3 N–H and O–H groups in total. The van der Waals surface area contributed by atoms with E-state index in [2.05, 4.69) is 11.6 Å². The molecule has 0 aliphatic heterocycles. The summed E-state index contributed by atoms with van der Waals surface area (Å²) >= 11 is 1.79. The molecule has 0 saturated carbocycles. The zero-order valence-electron chi connectivity index (χ0n) is 9.75. The highest BCUT2D eigenvalue weighted by Crippen LogP contribution is 2.12. The number of nitrogen functional groups attached to an aromatic ring is 1. The highest BCUT2D eigenvalue weighted by molar-refractivity contribution is 7.98. The third-order valence-corrected chi connectivity index (χ3v) is 3.04. The summed E-state index contributed by atoms with van der Waals surface area (Å²) in [6.07, 6.45) is 3.06. The van der Waals surface area contributed by atoms with Gasteiger partial charge in [-0.05, 0) is 49.1 Å². The van der Waals surface area contributed by atoms with Gasteiger partial charge in [0.1, 0.15) is 0 Å². The summed E-state index contributed by atoms with van der Waals surface area (Å²) < 4.78 is 0. The van der Waals surface area contributed by atoms with Crippen molar-refractivity contribution in [1.29, 1.82) is 0 Å². The van der Waals surface area contributed by atoms with Crippen LogP contribution in [0.1, 0.15) is 22.3 Å². The summed E-state index contributed by atoms with van der Waals surface area (Å²) in [6, 6.07) is 5.34. The van der Waals surface area contributed by atoms with Gasteiger partial charge in [-0.2, -0.15) is 11.8 Å². The van der Waals surface area contributed by atoms with Gasteiger partial charge in [0.15, 0.2) is 0 Å². The summed E-state index contributed by atoms with van der Waals surface area (Å²) in [5.41, 5.74) is 8.03. The molecule has 1 aromatic rings. The number of benzene rings is 1. The molecule has 0 bridgehead atoms. The Morgan fingerprint density at radius 2 is 2.25 bits per heavy atom. The van der Waals surface area contributed by atoms with E-state index in [4.69, 9.17) is 5.73 Å². The monoisotopic (exact) mass is 238 g/mol. The fraction of sp³-hybridized carbons (Fsp3) is 0.417. The predicted octanol–water partition coefficient (Wildman–Crippen LogP) is 2.06. The molecular weight excluding hydrogens is 220 g/mol. The molecule has 0 fully saturated rings. The summed E-state index contributed by atoms with van der Waals surface area (Å²) in [7, 11) is 0. The number of rotatable bonds is 5. The van der Waals surface area contributed by atoms with Crippen LogP contribution in [0, 0.1) is 6.92 Å². The zero-order chi connectivity index (χ0) is 12.0. The van der Waals surface area contributed by atoms with E-state index < -0.39 is 0 Å².